The third-order valence-electron chi connectivity index (χ3n) is 2.84. The molecule has 0 saturated heterocycles. The third kappa shape index (κ3) is 2.84. The minimum atomic E-state index is -0.500. The zero-order chi connectivity index (χ0) is 14.8. The summed E-state index contributed by atoms with van der Waals surface area (Å²) in [6.45, 7) is 0.0423. The van der Waals surface area contributed by atoms with Crippen LogP contribution in [0.3, 0.4) is 0 Å². The average molecular weight is 324 g/mol. The summed E-state index contributed by atoms with van der Waals surface area (Å²) >= 11 is 7.21. The second-order valence-corrected chi connectivity index (χ2v) is 5.43. The number of hydrogen-bond donors (Lipinski definition) is 0. The summed E-state index contributed by atoms with van der Waals surface area (Å²) in [4.78, 5) is 20.2. The van der Waals surface area contributed by atoms with Gasteiger partial charge in [-0.05, 0) is 6.07 Å². The second-order valence-electron chi connectivity index (χ2n) is 4.18. The third-order valence-corrected chi connectivity index (χ3v) is 4.08. The predicted octanol–water partition coefficient (Wildman–Crippen LogP) is 3.15. The maximum Gasteiger partial charge on any atom is 0.358 e. The molecule has 3 aromatic heterocycles. The molecule has 0 radical (unpaired) electrons. The summed E-state index contributed by atoms with van der Waals surface area (Å²) < 4.78 is 11.8. The van der Waals surface area contributed by atoms with Crippen molar-refractivity contribution in [3.63, 3.8) is 0 Å². The Morgan fingerprint density at radius 2 is 2.43 bits per heavy atom. The van der Waals surface area contributed by atoms with Crippen molar-refractivity contribution in [2.45, 2.75) is 6.61 Å². The van der Waals surface area contributed by atoms with Gasteiger partial charge in [-0.1, -0.05) is 11.6 Å². The lowest BCUT2D eigenvalue weighted by Crippen LogP contribution is -2.08. The smallest absolute Gasteiger partial charge is 0.358 e. The average Bonchev–Trinajstić information content (AvgIpc) is 3.19. The van der Waals surface area contributed by atoms with Gasteiger partial charge in [0.2, 0.25) is 0 Å². The van der Waals surface area contributed by atoms with Crippen LogP contribution in [0.1, 0.15) is 16.3 Å². The molecule has 0 atom stereocenters. The van der Waals surface area contributed by atoms with Gasteiger partial charge in [0, 0.05) is 18.0 Å². The van der Waals surface area contributed by atoms with E-state index in [4.69, 9.17) is 20.8 Å². The summed E-state index contributed by atoms with van der Waals surface area (Å²) in [6.07, 6.45) is 4.63. The van der Waals surface area contributed by atoms with Crippen LogP contribution in [0, 0.1) is 0 Å². The SMILES string of the molecule is Cn1c(Cl)cnc1COC(=O)c1csc(-c2ccoc2)n1. The quantitative estimate of drug-likeness (QED) is 0.690. The minimum Gasteiger partial charge on any atom is -0.472 e. The second kappa shape index (κ2) is 5.71. The fourth-order valence-electron chi connectivity index (χ4n) is 1.65. The van der Waals surface area contributed by atoms with Crippen molar-refractivity contribution in [3.05, 3.63) is 46.8 Å². The van der Waals surface area contributed by atoms with E-state index in [-0.39, 0.29) is 12.3 Å². The lowest BCUT2D eigenvalue weighted by Gasteiger charge is -2.03. The van der Waals surface area contributed by atoms with Crippen LogP contribution in [0.25, 0.3) is 10.6 Å². The van der Waals surface area contributed by atoms with E-state index >= 15 is 0 Å². The van der Waals surface area contributed by atoms with Gasteiger partial charge in [0.15, 0.2) is 5.69 Å². The Hall–Kier alpha value is -2.12. The molecule has 0 aliphatic heterocycles. The maximum absolute atomic E-state index is 11.9. The number of ether oxygens (including phenoxy) is 1. The Morgan fingerprint density at radius 1 is 1.57 bits per heavy atom. The van der Waals surface area contributed by atoms with Gasteiger partial charge in [-0.2, -0.15) is 0 Å². The zero-order valence-corrected chi connectivity index (χ0v) is 12.5. The molecule has 3 rings (SSSR count). The lowest BCUT2D eigenvalue weighted by atomic mass is 10.3. The predicted molar refractivity (Wildman–Crippen MR) is 77.2 cm³/mol. The van der Waals surface area contributed by atoms with Crippen LogP contribution in [-0.2, 0) is 18.4 Å². The van der Waals surface area contributed by atoms with Gasteiger partial charge in [-0.15, -0.1) is 11.3 Å². The molecule has 0 bridgehead atoms. The van der Waals surface area contributed by atoms with Crippen molar-refractivity contribution in [1.82, 2.24) is 14.5 Å². The Balaban J connectivity index is 1.67. The number of halogens is 1. The normalized spacial score (nSPS) is 10.8. The molecule has 0 amide bonds. The Kier molecular flexibility index (Phi) is 3.76. The molecule has 6 nitrogen and oxygen atoms in total. The molecule has 0 spiro atoms. The summed E-state index contributed by atoms with van der Waals surface area (Å²) in [5.74, 6) is 0.0683. The van der Waals surface area contributed by atoms with E-state index in [0.717, 1.165) is 5.56 Å². The van der Waals surface area contributed by atoms with Crippen molar-refractivity contribution in [2.75, 3.05) is 0 Å². The van der Waals surface area contributed by atoms with Crippen LogP contribution in [-0.4, -0.2) is 20.5 Å². The number of hydrogen-bond acceptors (Lipinski definition) is 6. The molecule has 0 unspecified atom stereocenters. The van der Waals surface area contributed by atoms with Crippen molar-refractivity contribution < 1.29 is 13.9 Å². The first-order chi connectivity index (χ1) is 10.1. The molecular weight excluding hydrogens is 314 g/mol. The fraction of sp³-hybridized carbons (Fsp3) is 0.154. The van der Waals surface area contributed by atoms with E-state index in [2.05, 4.69) is 9.97 Å². The Morgan fingerprint density at radius 3 is 3.10 bits per heavy atom. The highest BCUT2D eigenvalue weighted by Crippen LogP contribution is 2.24. The van der Waals surface area contributed by atoms with Crippen molar-refractivity contribution in [2.24, 2.45) is 7.05 Å². The summed E-state index contributed by atoms with van der Waals surface area (Å²) in [7, 11) is 1.75. The van der Waals surface area contributed by atoms with Crippen LogP contribution in [0.2, 0.25) is 5.15 Å². The fourth-order valence-corrected chi connectivity index (χ4v) is 2.57. The summed E-state index contributed by atoms with van der Waals surface area (Å²) in [6, 6.07) is 1.78. The molecule has 8 heteroatoms. The number of esters is 1. The van der Waals surface area contributed by atoms with E-state index in [1.807, 2.05) is 0 Å². The minimum absolute atomic E-state index is 0.0423. The van der Waals surface area contributed by atoms with Gasteiger partial charge in [0.05, 0.1) is 12.5 Å². The van der Waals surface area contributed by atoms with Crippen molar-refractivity contribution in [1.29, 1.82) is 0 Å². The van der Waals surface area contributed by atoms with Gasteiger partial charge in [0.25, 0.3) is 0 Å². The van der Waals surface area contributed by atoms with E-state index in [1.54, 1.807) is 35.6 Å². The number of thiazole rings is 1. The van der Waals surface area contributed by atoms with E-state index < -0.39 is 5.97 Å². The first-order valence-corrected chi connectivity index (χ1v) is 7.22. The number of furan rings is 1. The van der Waals surface area contributed by atoms with Crippen molar-refractivity contribution in [3.8, 4) is 10.6 Å². The van der Waals surface area contributed by atoms with E-state index in [1.165, 1.54) is 17.5 Å². The zero-order valence-electron chi connectivity index (χ0n) is 10.9. The Bertz CT molecular complexity index is 764. The van der Waals surface area contributed by atoms with Crippen LogP contribution >= 0.6 is 22.9 Å². The maximum atomic E-state index is 11.9. The van der Waals surface area contributed by atoms with Crippen LogP contribution in [0.4, 0.5) is 0 Å². The summed E-state index contributed by atoms with van der Waals surface area (Å²) in [5, 5.41) is 2.84. The number of aromatic nitrogens is 3. The molecule has 108 valence electrons. The highest BCUT2D eigenvalue weighted by Gasteiger charge is 2.15. The molecular formula is C13H10ClN3O3S. The molecule has 3 aromatic rings. The Labute approximate surface area is 129 Å². The van der Waals surface area contributed by atoms with Gasteiger partial charge in [-0.25, -0.2) is 14.8 Å². The highest BCUT2D eigenvalue weighted by atomic mass is 35.5. The number of carbonyl (C=O) groups is 1. The molecule has 0 aliphatic carbocycles. The van der Waals surface area contributed by atoms with Crippen molar-refractivity contribution >= 4 is 28.9 Å². The topological polar surface area (TPSA) is 70.2 Å². The van der Waals surface area contributed by atoms with Crippen LogP contribution in [0.5, 0.6) is 0 Å². The largest absolute Gasteiger partial charge is 0.472 e. The first-order valence-electron chi connectivity index (χ1n) is 5.96. The molecule has 3 heterocycles. The standard InChI is InChI=1S/C13H10ClN3O3S/c1-17-10(14)4-15-11(17)6-20-13(18)9-7-21-12(16-9)8-2-3-19-5-8/h2-5,7H,6H2,1H3. The molecule has 0 aliphatic rings. The number of nitrogens with zero attached hydrogens (tertiary/aromatic N) is 3. The van der Waals surface area contributed by atoms with Gasteiger partial charge in [0.1, 0.15) is 28.9 Å². The molecule has 0 saturated carbocycles. The monoisotopic (exact) mass is 323 g/mol. The first kappa shape index (κ1) is 13.8. The highest BCUT2D eigenvalue weighted by molar-refractivity contribution is 7.13. The molecule has 0 N–H and O–H groups in total. The lowest BCUT2D eigenvalue weighted by molar-refractivity contribution is 0.0453. The van der Waals surface area contributed by atoms with Gasteiger partial charge in [-0.3, -0.25) is 0 Å². The molecule has 0 aromatic carbocycles. The molecule has 0 fully saturated rings. The molecule has 21 heavy (non-hydrogen) atoms. The van der Waals surface area contributed by atoms with E-state index in [0.29, 0.717) is 16.0 Å². The van der Waals surface area contributed by atoms with Crippen LogP contribution < -0.4 is 0 Å². The van der Waals surface area contributed by atoms with Crippen LogP contribution in [0.15, 0.2) is 34.6 Å². The van der Waals surface area contributed by atoms with Gasteiger partial charge >= 0.3 is 5.97 Å². The van der Waals surface area contributed by atoms with E-state index in [9.17, 15) is 4.79 Å². The van der Waals surface area contributed by atoms with Gasteiger partial charge < -0.3 is 13.7 Å². The number of rotatable bonds is 4. The number of imidazole rings is 1. The number of carbonyl (C=O) groups excluding carboxylic acids is 1. The summed E-state index contributed by atoms with van der Waals surface area (Å²) in [5.41, 5.74) is 1.09.